The zero-order valence-corrected chi connectivity index (χ0v) is 9.56. The summed E-state index contributed by atoms with van der Waals surface area (Å²) in [4.78, 5) is 11.7. The molecule has 1 saturated heterocycles. The normalized spacial score (nSPS) is 23.3. The molecule has 0 aromatic heterocycles. The lowest BCUT2D eigenvalue weighted by Crippen LogP contribution is -2.25. The number of hydrogen-bond acceptors (Lipinski definition) is 2. The van der Waals surface area contributed by atoms with Gasteiger partial charge in [0, 0.05) is 6.42 Å². The molecule has 3 rings (SSSR count). The van der Waals surface area contributed by atoms with Gasteiger partial charge in [0.05, 0.1) is 5.92 Å². The van der Waals surface area contributed by atoms with E-state index in [-0.39, 0.29) is 11.7 Å². The van der Waals surface area contributed by atoms with Gasteiger partial charge in [0.15, 0.2) is 0 Å². The number of amides is 1. The second-order valence-corrected chi connectivity index (χ2v) is 4.53. The highest BCUT2D eigenvalue weighted by molar-refractivity contribution is 5.94. The van der Waals surface area contributed by atoms with Gasteiger partial charge in [0.2, 0.25) is 5.91 Å². The summed E-state index contributed by atoms with van der Waals surface area (Å²) in [6, 6.07) is 10.1. The summed E-state index contributed by atoms with van der Waals surface area (Å²) < 4.78 is 13.3. The third-order valence-corrected chi connectivity index (χ3v) is 3.34. The monoisotopic (exact) mass is 245 g/mol. The van der Waals surface area contributed by atoms with E-state index in [1.54, 1.807) is 6.07 Å². The standard InChI is InChI=1S/C14H12FNO2/c15-9-5-4-8-2-1-3-10(11(8)6-9)12-7-13(17)16-14(12)18/h1-6,12-13,17H,7H2,(H,16,18). The van der Waals surface area contributed by atoms with Gasteiger partial charge in [0.1, 0.15) is 12.0 Å². The summed E-state index contributed by atoms with van der Waals surface area (Å²) >= 11 is 0. The molecule has 2 aromatic rings. The van der Waals surface area contributed by atoms with Crippen molar-refractivity contribution in [2.45, 2.75) is 18.6 Å². The Kier molecular flexibility index (Phi) is 2.52. The van der Waals surface area contributed by atoms with E-state index < -0.39 is 12.1 Å². The largest absolute Gasteiger partial charge is 0.374 e. The van der Waals surface area contributed by atoms with E-state index in [1.807, 2.05) is 18.2 Å². The lowest BCUT2D eigenvalue weighted by Gasteiger charge is -2.11. The van der Waals surface area contributed by atoms with Crippen molar-refractivity contribution in [3.05, 3.63) is 47.8 Å². The predicted octanol–water partition coefficient (Wildman–Crippen LogP) is 1.90. The molecule has 1 heterocycles. The van der Waals surface area contributed by atoms with E-state index in [2.05, 4.69) is 5.32 Å². The zero-order valence-electron chi connectivity index (χ0n) is 9.56. The van der Waals surface area contributed by atoms with Crippen molar-refractivity contribution >= 4 is 16.7 Å². The zero-order chi connectivity index (χ0) is 12.7. The fourth-order valence-electron chi connectivity index (χ4n) is 2.50. The topological polar surface area (TPSA) is 49.3 Å². The molecule has 0 saturated carbocycles. The minimum Gasteiger partial charge on any atom is -0.374 e. The van der Waals surface area contributed by atoms with Crippen molar-refractivity contribution in [2.75, 3.05) is 0 Å². The lowest BCUT2D eigenvalue weighted by atomic mass is 9.92. The SMILES string of the molecule is O=C1NC(O)CC1c1cccc2ccc(F)cc12. The quantitative estimate of drug-likeness (QED) is 0.806. The molecule has 0 bridgehead atoms. The first-order valence-corrected chi connectivity index (χ1v) is 5.82. The van der Waals surface area contributed by atoms with Gasteiger partial charge in [-0.1, -0.05) is 24.3 Å². The predicted molar refractivity (Wildman–Crippen MR) is 65.4 cm³/mol. The fraction of sp³-hybridized carbons (Fsp3) is 0.214. The van der Waals surface area contributed by atoms with Gasteiger partial charge < -0.3 is 10.4 Å². The van der Waals surface area contributed by atoms with Crippen molar-refractivity contribution in [1.29, 1.82) is 0 Å². The lowest BCUT2D eigenvalue weighted by molar-refractivity contribution is -0.121. The van der Waals surface area contributed by atoms with Crippen molar-refractivity contribution < 1.29 is 14.3 Å². The first-order chi connectivity index (χ1) is 8.65. The number of rotatable bonds is 1. The molecule has 0 radical (unpaired) electrons. The van der Waals surface area contributed by atoms with Crippen LogP contribution in [0.5, 0.6) is 0 Å². The molecular weight excluding hydrogens is 233 g/mol. The highest BCUT2D eigenvalue weighted by Crippen LogP contribution is 2.32. The Morgan fingerprint density at radius 2 is 2.11 bits per heavy atom. The third kappa shape index (κ3) is 1.75. The molecule has 0 spiro atoms. The van der Waals surface area contributed by atoms with Crippen LogP contribution in [0.15, 0.2) is 36.4 Å². The minimum atomic E-state index is -0.814. The molecule has 1 aliphatic heterocycles. The molecule has 3 nitrogen and oxygen atoms in total. The average Bonchev–Trinajstić information content (AvgIpc) is 2.67. The maximum atomic E-state index is 13.3. The van der Waals surface area contributed by atoms with E-state index in [1.165, 1.54) is 12.1 Å². The Hall–Kier alpha value is -1.94. The van der Waals surface area contributed by atoms with Crippen LogP contribution in [0.25, 0.3) is 10.8 Å². The van der Waals surface area contributed by atoms with E-state index in [4.69, 9.17) is 0 Å². The van der Waals surface area contributed by atoms with Gasteiger partial charge in [-0.2, -0.15) is 0 Å². The Labute approximate surface area is 103 Å². The van der Waals surface area contributed by atoms with Crippen LogP contribution in [0, 0.1) is 5.82 Å². The number of nitrogens with one attached hydrogen (secondary N) is 1. The Morgan fingerprint density at radius 3 is 2.83 bits per heavy atom. The second kappa shape index (κ2) is 4.07. The summed E-state index contributed by atoms with van der Waals surface area (Å²) in [6.07, 6.45) is -0.486. The number of aliphatic hydroxyl groups excluding tert-OH is 1. The average molecular weight is 245 g/mol. The van der Waals surface area contributed by atoms with E-state index >= 15 is 0 Å². The van der Waals surface area contributed by atoms with Crippen molar-refractivity contribution in [3.63, 3.8) is 0 Å². The van der Waals surface area contributed by atoms with Gasteiger partial charge >= 0.3 is 0 Å². The van der Waals surface area contributed by atoms with Crippen LogP contribution < -0.4 is 5.32 Å². The van der Waals surface area contributed by atoms with Crippen LogP contribution in [-0.2, 0) is 4.79 Å². The molecule has 92 valence electrons. The van der Waals surface area contributed by atoms with Crippen LogP contribution in [0.3, 0.4) is 0 Å². The van der Waals surface area contributed by atoms with Crippen LogP contribution in [0.1, 0.15) is 17.9 Å². The maximum Gasteiger partial charge on any atom is 0.229 e. The molecule has 2 unspecified atom stereocenters. The third-order valence-electron chi connectivity index (χ3n) is 3.34. The highest BCUT2D eigenvalue weighted by atomic mass is 19.1. The maximum absolute atomic E-state index is 13.3. The molecule has 1 aliphatic rings. The van der Waals surface area contributed by atoms with Crippen LogP contribution >= 0.6 is 0 Å². The van der Waals surface area contributed by atoms with Crippen molar-refractivity contribution in [1.82, 2.24) is 5.32 Å². The molecule has 4 heteroatoms. The van der Waals surface area contributed by atoms with Crippen molar-refractivity contribution in [3.8, 4) is 0 Å². The number of halogens is 1. The summed E-state index contributed by atoms with van der Waals surface area (Å²) in [7, 11) is 0. The number of benzene rings is 2. The van der Waals surface area contributed by atoms with Gasteiger partial charge in [-0.3, -0.25) is 4.79 Å². The van der Waals surface area contributed by atoms with Gasteiger partial charge in [-0.15, -0.1) is 0 Å². The van der Waals surface area contributed by atoms with E-state index in [0.717, 1.165) is 16.3 Å². The van der Waals surface area contributed by atoms with E-state index in [0.29, 0.717) is 6.42 Å². The van der Waals surface area contributed by atoms with Crippen molar-refractivity contribution in [2.24, 2.45) is 0 Å². The molecular formula is C14H12FNO2. The molecule has 2 aromatic carbocycles. The summed E-state index contributed by atoms with van der Waals surface area (Å²) in [6.45, 7) is 0. The molecule has 1 fully saturated rings. The van der Waals surface area contributed by atoms with Crippen LogP contribution in [0.4, 0.5) is 4.39 Å². The van der Waals surface area contributed by atoms with Crippen LogP contribution in [0.2, 0.25) is 0 Å². The van der Waals surface area contributed by atoms with Gasteiger partial charge in [-0.05, 0) is 28.5 Å². The summed E-state index contributed by atoms with van der Waals surface area (Å²) in [5, 5.41) is 13.5. The fourth-order valence-corrected chi connectivity index (χ4v) is 2.50. The summed E-state index contributed by atoms with van der Waals surface area (Å²) in [5.41, 5.74) is 0.765. The molecule has 2 atom stereocenters. The Morgan fingerprint density at radius 1 is 1.28 bits per heavy atom. The highest BCUT2D eigenvalue weighted by Gasteiger charge is 2.32. The van der Waals surface area contributed by atoms with Gasteiger partial charge in [0.25, 0.3) is 0 Å². The first kappa shape index (κ1) is 11.2. The number of carbonyl (C=O) groups excluding carboxylic acids is 1. The second-order valence-electron chi connectivity index (χ2n) is 4.53. The number of fused-ring (bicyclic) bond motifs is 1. The number of hydrogen-bond donors (Lipinski definition) is 2. The molecule has 0 aliphatic carbocycles. The number of aliphatic hydroxyl groups is 1. The van der Waals surface area contributed by atoms with E-state index in [9.17, 15) is 14.3 Å². The minimum absolute atomic E-state index is 0.209. The van der Waals surface area contributed by atoms with Gasteiger partial charge in [-0.25, -0.2) is 4.39 Å². The smallest absolute Gasteiger partial charge is 0.229 e. The summed E-state index contributed by atoms with van der Waals surface area (Å²) in [5.74, 6) is -0.946. The first-order valence-electron chi connectivity index (χ1n) is 5.82. The van der Waals surface area contributed by atoms with Crippen LogP contribution in [-0.4, -0.2) is 17.2 Å². The Bertz CT molecular complexity index is 626. The molecule has 2 N–H and O–H groups in total. The number of carbonyl (C=O) groups is 1. The molecule has 18 heavy (non-hydrogen) atoms. The Balaban J connectivity index is 2.17. The molecule has 1 amide bonds.